The lowest BCUT2D eigenvalue weighted by molar-refractivity contribution is -0.134. The number of nitrogens with zero attached hydrogens (tertiary/aromatic N) is 2. The topological polar surface area (TPSA) is 58.4 Å². The number of aromatic nitrogens is 1. The molecule has 1 atom stereocenters. The summed E-state index contributed by atoms with van der Waals surface area (Å²) in [6, 6.07) is 14.3. The van der Waals surface area contributed by atoms with Crippen LogP contribution in [0.15, 0.2) is 59.1 Å². The van der Waals surface area contributed by atoms with Crippen LogP contribution >= 0.6 is 0 Å². The standard InChI is InChI=1S/C23H24FN3O2/c1-16-5-7-17(8-6-16)21-15-26-22(29-21)9-10-23(28)27-12-11-25-14-20(27)18-3-2-4-19(24)13-18/h2-8,13,15,20,25H,9-12,14H2,1H3. The summed E-state index contributed by atoms with van der Waals surface area (Å²) >= 11 is 0. The molecule has 1 N–H and O–H groups in total. The van der Waals surface area contributed by atoms with Gasteiger partial charge in [0.25, 0.3) is 0 Å². The summed E-state index contributed by atoms with van der Waals surface area (Å²) in [6.07, 6.45) is 2.44. The third-order valence-corrected chi connectivity index (χ3v) is 5.24. The van der Waals surface area contributed by atoms with Crippen molar-refractivity contribution in [1.29, 1.82) is 0 Å². The van der Waals surface area contributed by atoms with Gasteiger partial charge in [-0.25, -0.2) is 9.37 Å². The second-order valence-electron chi connectivity index (χ2n) is 7.35. The van der Waals surface area contributed by atoms with Gasteiger partial charge in [-0.3, -0.25) is 4.79 Å². The van der Waals surface area contributed by atoms with Crippen molar-refractivity contribution in [2.24, 2.45) is 0 Å². The first kappa shape index (κ1) is 19.3. The summed E-state index contributed by atoms with van der Waals surface area (Å²) in [5.74, 6) is 0.985. The van der Waals surface area contributed by atoms with Crippen LogP contribution in [-0.4, -0.2) is 35.4 Å². The molecule has 1 saturated heterocycles. The number of nitrogens with one attached hydrogen (secondary N) is 1. The lowest BCUT2D eigenvalue weighted by Gasteiger charge is -2.36. The number of rotatable bonds is 5. The first-order valence-electron chi connectivity index (χ1n) is 9.87. The number of aryl methyl sites for hydroxylation is 2. The molecule has 1 aliphatic rings. The fourth-order valence-electron chi connectivity index (χ4n) is 3.65. The fourth-order valence-corrected chi connectivity index (χ4v) is 3.65. The molecule has 29 heavy (non-hydrogen) atoms. The molecule has 1 aromatic heterocycles. The first-order chi connectivity index (χ1) is 14.1. The molecule has 3 aromatic rings. The molecule has 2 aromatic carbocycles. The lowest BCUT2D eigenvalue weighted by atomic mass is 10.0. The molecule has 6 heteroatoms. The molecule has 2 heterocycles. The molecular weight excluding hydrogens is 369 g/mol. The van der Waals surface area contributed by atoms with E-state index in [1.165, 1.54) is 17.7 Å². The SMILES string of the molecule is Cc1ccc(-c2cnc(CCC(=O)N3CCNCC3c3cccc(F)c3)o2)cc1. The van der Waals surface area contributed by atoms with Crippen molar-refractivity contribution >= 4 is 5.91 Å². The zero-order valence-electron chi connectivity index (χ0n) is 16.4. The highest BCUT2D eigenvalue weighted by Crippen LogP contribution is 2.25. The van der Waals surface area contributed by atoms with Crippen LogP contribution in [0.2, 0.25) is 0 Å². The van der Waals surface area contributed by atoms with Crippen molar-refractivity contribution < 1.29 is 13.6 Å². The number of carbonyl (C=O) groups is 1. The van der Waals surface area contributed by atoms with Crippen molar-refractivity contribution in [2.45, 2.75) is 25.8 Å². The monoisotopic (exact) mass is 393 g/mol. The van der Waals surface area contributed by atoms with Crippen LogP contribution in [0.5, 0.6) is 0 Å². The van der Waals surface area contributed by atoms with Crippen LogP contribution in [0, 0.1) is 12.7 Å². The third kappa shape index (κ3) is 4.54. The largest absolute Gasteiger partial charge is 0.441 e. The Hall–Kier alpha value is -2.99. The zero-order chi connectivity index (χ0) is 20.2. The van der Waals surface area contributed by atoms with Crippen LogP contribution in [0.1, 0.15) is 29.5 Å². The summed E-state index contributed by atoms with van der Waals surface area (Å²) < 4.78 is 19.5. The van der Waals surface area contributed by atoms with Gasteiger partial charge in [0.05, 0.1) is 12.2 Å². The number of piperazine rings is 1. The number of amides is 1. The van der Waals surface area contributed by atoms with E-state index < -0.39 is 0 Å². The molecule has 0 spiro atoms. The Kier molecular flexibility index (Phi) is 5.71. The van der Waals surface area contributed by atoms with E-state index in [-0.39, 0.29) is 17.8 Å². The minimum atomic E-state index is -0.288. The summed E-state index contributed by atoms with van der Waals surface area (Å²) in [5.41, 5.74) is 2.96. The molecule has 0 radical (unpaired) electrons. The van der Waals surface area contributed by atoms with Crippen LogP contribution in [0.3, 0.4) is 0 Å². The van der Waals surface area contributed by atoms with E-state index in [9.17, 15) is 9.18 Å². The fraction of sp³-hybridized carbons (Fsp3) is 0.304. The van der Waals surface area contributed by atoms with E-state index in [0.717, 1.165) is 17.7 Å². The number of benzene rings is 2. The molecule has 5 nitrogen and oxygen atoms in total. The second kappa shape index (κ2) is 8.57. The Balaban J connectivity index is 1.41. The molecule has 1 aliphatic heterocycles. The van der Waals surface area contributed by atoms with Gasteiger partial charge in [-0.1, -0.05) is 42.0 Å². The Morgan fingerprint density at radius 3 is 2.90 bits per heavy atom. The van der Waals surface area contributed by atoms with Crippen molar-refractivity contribution in [1.82, 2.24) is 15.2 Å². The Morgan fingerprint density at radius 1 is 1.28 bits per heavy atom. The van der Waals surface area contributed by atoms with Gasteiger partial charge in [0, 0.05) is 38.0 Å². The smallest absolute Gasteiger partial charge is 0.223 e. The van der Waals surface area contributed by atoms with Crippen LogP contribution in [0.25, 0.3) is 11.3 Å². The van der Waals surface area contributed by atoms with E-state index in [4.69, 9.17) is 4.42 Å². The molecule has 0 aliphatic carbocycles. The number of carbonyl (C=O) groups excluding carboxylic acids is 1. The maximum atomic E-state index is 13.6. The van der Waals surface area contributed by atoms with Crippen LogP contribution < -0.4 is 5.32 Å². The van der Waals surface area contributed by atoms with E-state index in [2.05, 4.69) is 10.3 Å². The molecule has 150 valence electrons. The first-order valence-corrected chi connectivity index (χ1v) is 9.87. The zero-order valence-corrected chi connectivity index (χ0v) is 16.4. The van der Waals surface area contributed by atoms with Gasteiger partial charge in [0.2, 0.25) is 5.91 Å². The van der Waals surface area contributed by atoms with Crippen LogP contribution in [0.4, 0.5) is 4.39 Å². The van der Waals surface area contributed by atoms with Gasteiger partial charge < -0.3 is 14.6 Å². The Bertz CT molecular complexity index is 984. The lowest BCUT2D eigenvalue weighted by Crippen LogP contribution is -2.48. The van der Waals surface area contributed by atoms with Crippen LogP contribution in [-0.2, 0) is 11.2 Å². The summed E-state index contributed by atoms with van der Waals surface area (Å²) in [7, 11) is 0. The quantitative estimate of drug-likeness (QED) is 0.714. The predicted octanol–water partition coefficient (Wildman–Crippen LogP) is 3.89. The van der Waals surface area contributed by atoms with Gasteiger partial charge in [0.1, 0.15) is 5.82 Å². The number of oxazole rings is 1. The highest BCUT2D eigenvalue weighted by atomic mass is 19.1. The Labute approximate surface area is 169 Å². The minimum Gasteiger partial charge on any atom is -0.441 e. The Morgan fingerprint density at radius 2 is 2.10 bits per heavy atom. The molecule has 0 saturated carbocycles. The average molecular weight is 393 g/mol. The second-order valence-corrected chi connectivity index (χ2v) is 7.35. The number of hydrogen-bond donors (Lipinski definition) is 1. The van der Waals surface area contributed by atoms with Gasteiger partial charge in [-0.2, -0.15) is 0 Å². The van der Waals surface area contributed by atoms with E-state index >= 15 is 0 Å². The normalized spacial score (nSPS) is 16.8. The highest BCUT2D eigenvalue weighted by Gasteiger charge is 2.28. The van der Waals surface area contributed by atoms with Crippen molar-refractivity contribution in [3.8, 4) is 11.3 Å². The number of hydrogen-bond acceptors (Lipinski definition) is 4. The summed E-state index contributed by atoms with van der Waals surface area (Å²) in [5, 5.41) is 3.29. The molecule has 4 rings (SSSR count). The molecular formula is C23H24FN3O2. The van der Waals surface area contributed by atoms with Gasteiger partial charge in [-0.05, 0) is 24.6 Å². The molecule has 0 bridgehead atoms. The molecule has 1 unspecified atom stereocenters. The van der Waals surface area contributed by atoms with Gasteiger partial charge in [-0.15, -0.1) is 0 Å². The van der Waals surface area contributed by atoms with E-state index in [1.54, 1.807) is 12.3 Å². The third-order valence-electron chi connectivity index (χ3n) is 5.24. The maximum Gasteiger partial charge on any atom is 0.223 e. The van der Waals surface area contributed by atoms with Crippen molar-refractivity contribution in [3.63, 3.8) is 0 Å². The molecule has 1 amide bonds. The van der Waals surface area contributed by atoms with Gasteiger partial charge >= 0.3 is 0 Å². The van der Waals surface area contributed by atoms with E-state index in [1.807, 2.05) is 42.2 Å². The van der Waals surface area contributed by atoms with Gasteiger partial charge in [0.15, 0.2) is 11.7 Å². The average Bonchev–Trinajstić information content (AvgIpc) is 3.21. The predicted molar refractivity (Wildman–Crippen MR) is 109 cm³/mol. The van der Waals surface area contributed by atoms with Crippen molar-refractivity contribution in [3.05, 3.63) is 77.6 Å². The van der Waals surface area contributed by atoms with E-state index in [0.29, 0.717) is 37.6 Å². The maximum absolute atomic E-state index is 13.6. The highest BCUT2D eigenvalue weighted by molar-refractivity contribution is 5.77. The summed E-state index contributed by atoms with van der Waals surface area (Å²) in [4.78, 5) is 19.0. The number of halogens is 1. The summed E-state index contributed by atoms with van der Waals surface area (Å²) in [6.45, 7) is 3.98. The molecule has 1 fully saturated rings. The van der Waals surface area contributed by atoms with Crippen molar-refractivity contribution in [2.75, 3.05) is 19.6 Å². The minimum absolute atomic E-state index is 0.0239.